The van der Waals surface area contributed by atoms with Gasteiger partial charge in [0.2, 0.25) is 0 Å². The Balaban J connectivity index is 2.50. The van der Waals surface area contributed by atoms with Gasteiger partial charge in [-0.15, -0.1) is 11.6 Å². The zero-order valence-corrected chi connectivity index (χ0v) is 14.4. The summed E-state index contributed by atoms with van der Waals surface area (Å²) in [6.45, 7) is 0. The van der Waals surface area contributed by atoms with Crippen molar-refractivity contribution < 1.29 is 14.2 Å². The molecule has 0 bridgehead atoms. The largest absolute Gasteiger partial charge is 0.496 e. The molecular weight excluding hydrogens is 356 g/mol. The highest BCUT2D eigenvalue weighted by Gasteiger charge is 2.20. The standard InChI is InChI=1S/C16H16BrClO3/c1-19-13-7-5-4-6-10(13)16(18)11-8-14(20-2)15(21-3)9-12(11)17/h4-9,16H,1-3H3. The lowest BCUT2D eigenvalue weighted by atomic mass is 10.0. The molecule has 0 saturated heterocycles. The van der Waals surface area contributed by atoms with E-state index in [9.17, 15) is 0 Å². The van der Waals surface area contributed by atoms with E-state index in [0.717, 1.165) is 21.3 Å². The Labute approximate surface area is 137 Å². The molecule has 2 aromatic rings. The van der Waals surface area contributed by atoms with Crippen molar-refractivity contribution in [3.8, 4) is 17.2 Å². The van der Waals surface area contributed by atoms with Crippen LogP contribution in [-0.4, -0.2) is 21.3 Å². The summed E-state index contributed by atoms with van der Waals surface area (Å²) in [5.74, 6) is 2.03. The Morgan fingerprint density at radius 1 is 0.857 bits per heavy atom. The minimum atomic E-state index is -0.365. The topological polar surface area (TPSA) is 27.7 Å². The molecule has 0 aromatic heterocycles. The maximum Gasteiger partial charge on any atom is 0.161 e. The van der Waals surface area contributed by atoms with Crippen molar-refractivity contribution in [3.63, 3.8) is 0 Å². The average molecular weight is 372 g/mol. The summed E-state index contributed by atoms with van der Waals surface area (Å²) in [6, 6.07) is 11.4. The fourth-order valence-electron chi connectivity index (χ4n) is 2.11. The number of para-hydroxylation sites is 1. The summed E-state index contributed by atoms with van der Waals surface area (Å²) in [4.78, 5) is 0. The molecule has 0 spiro atoms. The van der Waals surface area contributed by atoms with Gasteiger partial charge in [-0.1, -0.05) is 34.1 Å². The highest BCUT2D eigenvalue weighted by molar-refractivity contribution is 9.10. The van der Waals surface area contributed by atoms with E-state index < -0.39 is 0 Å². The minimum absolute atomic E-state index is 0.365. The summed E-state index contributed by atoms with van der Waals surface area (Å²) in [5, 5.41) is -0.365. The molecule has 0 N–H and O–H groups in total. The zero-order valence-electron chi connectivity index (χ0n) is 12.0. The van der Waals surface area contributed by atoms with Crippen LogP contribution in [-0.2, 0) is 0 Å². The maximum absolute atomic E-state index is 6.64. The lowest BCUT2D eigenvalue weighted by molar-refractivity contribution is 0.354. The fraction of sp³-hybridized carbons (Fsp3) is 0.250. The van der Waals surface area contributed by atoms with Crippen LogP contribution in [0.2, 0.25) is 0 Å². The summed E-state index contributed by atoms with van der Waals surface area (Å²) < 4.78 is 16.8. The van der Waals surface area contributed by atoms with Crippen LogP contribution in [0.3, 0.4) is 0 Å². The second-order valence-electron chi connectivity index (χ2n) is 4.33. The molecule has 0 saturated carbocycles. The Morgan fingerprint density at radius 3 is 2.05 bits per heavy atom. The summed E-state index contributed by atoms with van der Waals surface area (Å²) >= 11 is 10.2. The van der Waals surface area contributed by atoms with E-state index in [4.69, 9.17) is 25.8 Å². The molecule has 21 heavy (non-hydrogen) atoms. The highest BCUT2D eigenvalue weighted by atomic mass is 79.9. The Bertz CT molecular complexity index is 631. The lowest BCUT2D eigenvalue weighted by Crippen LogP contribution is -2.00. The summed E-state index contributed by atoms with van der Waals surface area (Å²) in [5.41, 5.74) is 1.79. The van der Waals surface area contributed by atoms with Crippen LogP contribution in [0.5, 0.6) is 17.2 Å². The van der Waals surface area contributed by atoms with E-state index in [-0.39, 0.29) is 5.38 Å². The first-order chi connectivity index (χ1) is 10.1. The van der Waals surface area contributed by atoms with Gasteiger partial charge >= 0.3 is 0 Å². The van der Waals surface area contributed by atoms with Gasteiger partial charge in [0.15, 0.2) is 11.5 Å². The predicted molar refractivity (Wildman–Crippen MR) is 87.9 cm³/mol. The maximum atomic E-state index is 6.64. The quantitative estimate of drug-likeness (QED) is 0.706. The molecule has 112 valence electrons. The Hall–Kier alpha value is -1.39. The van der Waals surface area contributed by atoms with Crippen molar-refractivity contribution in [1.29, 1.82) is 0 Å². The molecule has 0 aliphatic heterocycles. The molecule has 2 aromatic carbocycles. The molecule has 0 fully saturated rings. The van der Waals surface area contributed by atoms with E-state index in [2.05, 4.69) is 15.9 Å². The molecule has 1 unspecified atom stereocenters. The van der Waals surface area contributed by atoms with Gasteiger partial charge in [0.1, 0.15) is 5.75 Å². The van der Waals surface area contributed by atoms with Crippen molar-refractivity contribution in [3.05, 3.63) is 52.0 Å². The Morgan fingerprint density at radius 2 is 1.43 bits per heavy atom. The molecule has 3 nitrogen and oxygen atoms in total. The third kappa shape index (κ3) is 3.27. The first-order valence-electron chi connectivity index (χ1n) is 6.30. The SMILES string of the molecule is COc1cc(Br)c(C(Cl)c2ccccc2OC)cc1OC. The van der Waals surface area contributed by atoms with Crippen molar-refractivity contribution in [2.24, 2.45) is 0 Å². The minimum Gasteiger partial charge on any atom is -0.496 e. The number of benzene rings is 2. The fourth-order valence-corrected chi connectivity index (χ4v) is 3.15. The molecule has 0 aliphatic carbocycles. The molecule has 0 amide bonds. The molecule has 2 rings (SSSR count). The summed E-state index contributed by atoms with van der Waals surface area (Å²) in [6.07, 6.45) is 0. The van der Waals surface area contributed by atoms with E-state index in [1.165, 1.54) is 0 Å². The normalized spacial score (nSPS) is 11.9. The molecule has 1 atom stereocenters. The van der Waals surface area contributed by atoms with Gasteiger partial charge in [-0.25, -0.2) is 0 Å². The van der Waals surface area contributed by atoms with Gasteiger partial charge in [-0.2, -0.15) is 0 Å². The number of ether oxygens (including phenoxy) is 3. The number of hydrogen-bond donors (Lipinski definition) is 0. The number of rotatable bonds is 5. The second kappa shape index (κ2) is 7.05. The van der Waals surface area contributed by atoms with Crippen LogP contribution < -0.4 is 14.2 Å². The van der Waals surface area contributed by atoms with Gasteiger partial charge < -0.3 is 14.2 Å². The van der Waals surface area contributed by atoms with Crippen molar-refractivity contribution in [1.82, 2.24) is 0 Å². The summed E-state index contributed by atoms with van der Waals surface area (Å²) in [7, 11) is 4.83. The second-order valence-corrected chi connectivity index (χ2v) is 5.62. The first kappa shape index (κ1) is 16.0. The molecular formula is C16H16BrClO3. The van der Waals surface area contributed by atoms with Crippen LogP contribution in [0.15, 0.2) is 40.9 Å². The average Bonchev–Trinajstić information content (AvgIpc) is 2.53. The van der Waals surface area contributed by atoms with Crippen molar-refractivity contribution in [2.75, 3.05) is 21.3 Å². The van der Waals surface area contributed by atoms with E-state index >= 15 is 0 Å². The van der Waals surface area contributed by atoms with E-state index in [0.29, 0.717) is 11.5 Å². The Kier molecular flexibility index (Phi) is 5.37. The van der Waals surface area contributed by atoms with E-state index in [1.54, 1.807) is 21.3 Å². The monoisotopic (exact) mass is 370 g/mol. The smallest absolute Gasteiger partial charge is 0.161 e. The lowest BCUT2D eigenvalue weighted by Gasteiger charge is -2.18. The number of methoxy groups -OCH3 is 3. The van der Waals surface area contributed by atoms with Gasteiger partial charge in [0.05, 0.1) is 26.7 Å². The first-order valence-corrected chi connectivity index (χ1v) is 7.53. The van der Waals surface area contributed by atoms with Gasteiger partial charge in [-0.05, 0) is 23.8 Å². The molecule has 0 radical (unpaired) electrons. The molecule has 5 heteroatoms. The van der Waals surface area contributed by atoms with E-state index in [1.807, 2.05) is 36.4 Å². The van der Waals surface area contributed by atoms with Crippen LogP contribution in [0.25, 0.3) is 0 Å². The predicted octanol–water partition coefficient (Wildman–Crippen LogP) is 4.80. The molecule has 0 aliphatic rings. The molecule has 0 heterocycles. The van der Waals surface area contributed by atoms with Crippen molar-refractivity contribution in [2.45, 2.75) is 5.38 Å². The third-order valence-corrected chi connectivity index (χ3v) is 4.34. The third-order valence-electron chi connectivity index (χ3n) is 3.19. The van der Waals surface area contributed by atoms with Crippen LogP contribution in [0.4, 0.5) is 0 Å². The van der Waals surface area contributed by atoms with Crippen LogP contribution in [0.1, 0.15) is 16.5 Å². The zero-order chi connectivity index (χ0) is 15.4. The number of hydrogen-bond acceptors (Lipinski definition) is 3. The van der Waals surface area contributed by atoms with Crippen molar-refractivity contribution >= 4 is 27.5 Å². The van der Waals surface area contributed by atoms with Crippen LogP contribution >= 0.6 is 27.5 Å². The highest BCUT2D eigenvalue weighted by Crippen LogP contribution is 2.42. The van der Waals surface area contributed by atoms with Gasteiger partial charge in [-0.3, -0.25) is 0 Å². The number of alkyl halides is 1. The number of halogens is 2. The van der Waals surface area contributed by atoms with Gasteiger partial charge in [0.25, 0.3) is 0 Å². The van der Waals surface area contributed by atoms with Crippen LogP contribution in [0, 0.1) is 0 Å². The van der Waals surface area contributed by atoms with Gasteiger partial charge in [0, 0.05) is 10.0 Å².